The lowest BCUT2D eigenvalue weighted by molar-refractivity contribution is -0.124. The number of fused-ring (bicyclic) bond motifs is 2. The van der Waals surface area contributed by atoms with E-state index >= 15 is 0 Å². The van der Waals surface area contributed by atoms with Crippen molar-refractivity contribution in [3.8, 4) is 0 Å². The summed E-state index contributed by atoms with van der Waals surface area (Å²) in [5.74, 6) is 0.493. The zero-order valence-corrected chi connectivity index (χ0v) is 8.62. The molecule has 2 heteroatoms. The highest BCUT2D eigenvalue weighted by Crippen LogP contribution is 2.35. The fourth-order valence-electron chi connectivity index (χ4n) is 2.94. The Morgan fingerprint density at radius 1 is 1.38 bits per heavy atom. The second kappa shape index (κ2) is 3.41. The molecule has 2 saturated heterocycles. The fraction of sp³-hybridized carbons (Fsp3) is 0.909. The van der Waals surface area contributed by atoms with Gasteiger partial charge in [-0.25, -0.2) is 0 Å². The summed E-state index contributed by atoms with van der Waals surface area (Å²) in [5.41, 5.74) is 0. The average Bonchev–Trinajstić information content (AvgIpc) is 2.37. The van der Waals surface area contributed by atoms with Crippen LogP contribution in [0.25, 0.3) is 0 Å². The minimum atomic E-state index is 0.493. The average molecular weight is 181 g/mol. The highest BCUT2D eigenvalue weighted by Gasteiger charge is 2.41. The van der Waals surface area contributed by atoms with E-state index in [0.717, 1.165) is 12.8 Å². The Morgan fingerprint density at radius 2 is 1.92 bits per heavy atom. The normalized spacial score (nSPS) is 36.6. The lowest BCUT2D eigenvalue weighted by Crippen LogP contribution is -2.47. The molecule has 2 aliphatic heterocycles. The number of rotatable bonds is 2. The van der Waals surface area contributed by atoms with Crippen LogP contribution in [0.3, 0.4) is 0 Å². The van der Waals surface area contributed by atoms with Crippen LogP contribution < -0.4 is 0 Å². The molecule has 3 atom stereocenters. The van der Waals surface area contributed by atoms with Crippen LogP contribution in [0.1, 0.15) is 46.0 Å². The lowest BCUT2D eigenvalue weighted by atomic mass is 9.99. The molecule has 0 saturated carbocycles. The number of piperidine rings is 1. The molecule has 2 rings (SSSR count). The number of carbonyl (C=O) groups excluding carboxylic acids is 1. The molecule has 0 aliphatic carbocycles. The standard InChI is InChI=1S/C11H19NO/c1-3-8(2)12-9-4-5-10(12)7-11(13)6-9/h8-10H,3-7H2,1-2H3/t8-,9+,10+/m1/s1. The third-order valence-electron chi connectivity index (χ3n) is 3.70. The number of hydrogen-bond donors (Lipinski definition) is 0. The molecule has 0 radical (unpaired) electrons. The van der Waals surface area contributed by atoms with Crippen molar-refractivity contribution in [2.75, 3.05) is 0 Å². The maximum Gasteiger partial charge on any atom is 0.136 e. The van der Waals surface area contributed by atoms with E-state index in [1.54, 1.807) is 0 Å². The van der Waals surface area contributed by atoms with Crippen molar-refractivity contribution < 1.29 is 4.79 Å². The lowest BCUT2D eigenvalue weighted by Gasteiger charge is -2.38. The Bertz CT molecular complexity index is 198. The van der Waals surface area contributed by atoms with Crippen molar-refractivity contribution in [2.24, 2.45) is 0 Å². The summed E-state index contributed by atoms with van der Waals surface area (Å²) < 4.78 is 0. The van der Waals surface area contributed by atoms with Gasteiger partial charge < -0.3 is 0 Å². The summed E-state index contributed by atoms with van der Waals surface area (Å²) in [6.07, 6.45) is 5.35. The van der Waals surface area contributed by atoms with Crippen molar-refractivity contribution in [3.05, 3.63) is 0 Å². The second-order valence-corrected chi connectivity index (χ2v) is 4.54. The van der Waals surface area contributed by atoms with E-state index in [0.29, 0.717) is 23.9 Å². The maximum atomic E-state index is 11.4. The van der Waals surface area contributed by atoms with Gasteiger partial charge in [0.05, 0.1) is 0 Å². The number of nitrogens with zero attached hydrogens (tertiary/aromatic N) is 1. The molecular formula is C11H19NO. The predicted molar refractivity (Wildman–Crippen MR) is 52.6 cm³/mol. The summed E-state index contributed by atoms with van der Waals surface area (Å²) in [5, 5.41) is 0. The number of ketones is 1. The molecule has 2 nitrogen and oxygen atoms in total. The van der Waals surface area contributed by atoms with Gasteiger partial charge in [-0.1, -0.05) is 6.92 Å². The van der Waals surface area contributed by atoms with E-state index in [1.165, 1.54) is 19.3 Å². The predicted octanol–water partition coefficient (Wildman–Crippen LogP) is 1.98. The van der Waals surface area contributed by atoms with Gasteiger partial charge in [-0.15, -0.1) is 0 Å². The third kappa shape index (κ3) is 1.52. The maximum absolute atomic E-state index is 11.4. The van der Waals surface area contributed by atoms with Crippen LogP contribution in [0, 0.1) is 0 Å². The minimum absolute atomic E-state index is 0.493. The van der Waals surface area contributed by atoms with Gasteiger partial charge in [-0.05, 0) is 26.2 Å². The largest absolute Gasteiger partial charge is 0.300 e. The van der Waals surface area contributed by atoms with Crippen LogP contribution in [-0.4, -0.2) is 28.8 Å². The topological polar surface area (TPSA) is 20.3 Å². The molecule has 0 amide bonds. The molecular weight excluding hydrogens is 162 g/mol. The van der Waals surface area contributed by atoms with Crippen LogP contribution in [0.5, 0.6) is 0 Å². The quantitative estimate of drug-likeness (QED) is 0.649. The van der Waals surface area contributed by atoms with Crippen LogP contribution in [0.4, 0.5) is 0 Å². The summed E-state index contributed by atoms with van der Waals surface area (Å²) in [6, 6.07) is 1.84. The van der Waals surface area contributed by atoms with Gasteiger partial charge >= 0.3 is 0 Å². The minimum Gasteiger partial charge on any atom is -0.300 e. The highest BCUT2D eigenvalue weighted by molar-refractivity contribution is 5.81. The monoisotopic (exact) mass is 181 g/mol. The molecule has 13 heavy (non-hydrogen) atoms. The Balaban J connectivity index is 2.10. The first-order chi connectivity index (χ1) is 6.22. The van der Waals surface area contributed by atoms with E-state index < -0.39 is 0 Å². The molecule has 0 aromatic rings. The van der Waals surface area contributed by atoms with Crippen LogP contribution in [0.2, 0.25) is 0 Å². The van der Waals surface area contributed by atoms with E-state index in [4.69, 9.17) is 0 Å². The van der Waals surface area contributed by atoms with E-state index in [2.05, 4.69) is 18.7 Å². The number of Topliss-reactive ketones (excluding diaryl/α,β-unsaturated/α-hetero) is 1. The molecule has 0 aromatic carbocycles. The van der Waals surface area contributed by atoms with Crippen molar-refractivity contribution in [3.63, 3.8) is 0 Å². The second-order valence-electron chi connectivity index (χ2n) is 4.54. The Hall–Kier alpha value is -0.370. The SMILES string of the molecule is CC[C@@H](C)N1[C@H]2CC[C@H]1CC(=O)C2. The van der Waals surface area contributed by atoms with Crippen LogP contribution in [-0.2, 0) is 4.79 Å². The van der Waals surface area contributed by atoms with Crippen LogP contribution >= 0.6 is 0 Å². The Kier molecular flexibility index (Phi) is 2.41. The molecule has 2 heterocycles. The van der Waals surface area contributed by atoms with Crippen LogP contribution in [0.15, 0.2) is 0 Å². The first-order valence-electron chi connectivity index (χ1n) is 5.51. The fourth-order valence-corrected chi connectivity index (χ4v) is 2.94. The Labute approximate surface area is 80.3 Å². The number of hydrogen-bond acceptors (Lipinski definition) is 2. The highest BCUT2D eigenvalue weighted by atomic mass is 16.1. The zero-order chi connectivity index (χ0) is 9.42. The zero-order valence-electron chi connectivity index (χ0n) is 8.62. The van der Waals surface area contributed by atoms with E-state index in [9.17, 15) is 4.79 Å². The first kappa shape index (κ1) is 9.20. The molecule has 0 aromatic heterocycles. The molecule has 2 fully saturated rings. The first-order valence-corrected chi connectivity index (χ1v) is 5.51. The summed E-state index contributed by atoms with van der Waals surface area (Å²) in [7, 11) is 0. The third-order valence-corrected chi connectivity index (χ3v) is 3.70. The van der Waals surface area contributed by atoms with Gasteiger partial charge in [-0.2, -0.15) is 0 Å². The van der Waals surface area contributed by atoms with E-state index in [-0.39, 0.29) is 0 Å². The summed E-state index contributed by atoms with van der Waals surface area (Å²) in [6.45, 7) is 4.53. The molecule has 0 N–H and O–H groups in total. The van der Waals surface area contributed by atoms with Crippen molar-refractivity contribution in [2.45, 2.75) is 64.1 Å². The van der Waals surface area contributed by atoms with Gasteiger partial charge in [0.1, 0.15) is 5.78 Å². The van der Waals surface area contributed by atoms with Gasteiger partial charge in [0.15, 0.2) is 0 Å². The van der Waals surface area contributed by atoms with Crippen molar-refractivity contribution in [1.29, 1.82) is 0 Å². The van der Waals surface area contributed by atoms with Gasteiger partial charge in [0.25, 0.3) is 0 Å². The molecule has 2 bridgehead atoms. The molecule has 74 valence electrons. The van der Waals surface area contributed by atoms with Gasteiger partial charge in [0.2, 0.25) is 0 Å². The Morgan fingerprint density at radius 3 is 2.38 bits per heavy atom. The molecule has 0 unspecified atom stereocenters. The van der Waals surface area contributed by atoms with Crippen molar-refractivity contribution in [1.82, 2.24) is 4.90 Å². The van der Waals surface area contributed by atoms with Crippen molar-refractivity contribution >= 4 is 5.78 Å². The van der Waals surface area contributed by atoms with Gasteiger partial charge in [-0.3, -0.25) is 9.69 Å². The van der Waals surface area contributed by atoms with Gasteiger partial charge in [0, 0.05) is 31.0 Å². The summed E-state index contributed by atoms with van der Waals surface area (Å²) >= 11 is 0. The number of carbonyl (C=O) groups is 1. The molecule has 2 aliphatic rings. The summed E-state index contributed by atoms with van der Waals surface area (Å²) in [4.78, 5) is 14.0. The van der Waals surface area contributed by atoms with E-state index in [1.807, 2.05) is 0 Å². The molecule has 0 spiro atoms. The smallest absolute Gasteiger partial charge is 0.136 e.